The summed E-state index contributed by atoms with van der Waals surface area (Å²) in [5.74, 6) is 0.868. The zero-order chi connectivity index (χ0) is 12.5. The Bertz CT molecular complexity index is 708. The highest BCUT2D eigenvalue weighted by Gasteiger charge is 2.09. The fourth-order valence-corrected chi connectivity index (χ4v) is 2.98. The van der Waals surface area contributed by atoms with Gasteiger partial charge in [-0.2, -0.15) is 4.37 Å². The fourth-order valence-electron chi connectivity index (χ4n) is 1.77. The molecule has 90 valence electrons. The average Bonchev–Trinajstić information content (AvgIpc) is 2.76. The monoisotopic (exact) mass is 319 g/mol. The maximum Gasteiger partial charge on any atom is 0.207 e. The van der Waals surface area contributed by atoms with E-state index >= 15 is 0 Å². The van der Waals surface area contributed by atoms with E-state index in [1.165, 1.54) is 11.5 Å². The Balaban J connectivity index is 2.01. The Morgan fingerprint density at radius 3 is 2.83 bits per heavy atom. The summed E-state index contributed by atoms with van der Waals surface area (Å²) >= 11 is 4.84. The maximum atomic E-state index is 5.95. The van der Waals surface area contributed by atoms with Gasteiger partial charge in [0.1, 0.15) is 5.75 Å². The largest absolute Gasteiger partial charge is 0.444 e. The highest BCUT2D eigenvalue weighted by molar-refractivity contribution is 9.10. The molecule has 1 aromatic heterocycles. The van der Waals surface area contributed by atoms with Gasteiger partial charge in [-0.1, -0.05) is 28.1 Å². The van der Waals surface area contributed by atoms with Gasteiger partial charge in [-0.3, -0.25) is 0 Å². The topological polar surface area (TPSA) is 22.1 Å². The predicted octanol–water partition coefficient (Wildman–Crippen LogP) is 5.16. The minimum Gasteiger partial charge on any atom is -0.444 e. The van der Waals surface area contributed by atoms with Gasteiger partial charge in [-0.25, -0.2) is 0 Å². The third-order valence-electron chi connectivity index (χ3n) is 2.69. The van der Waals surface area contributed by atoms with Crippen molar-refractivity contribution in [3.63, 3.8) is 0 Å². The van der Waals surface area contributed by atoms with Crippen LogP contribution < -0.4 is 4.74 Å². The molecule has 18 heavy (non-hydrogen) atoms. The number of benzene rings is 2. The number of halogens is 1. The molecule has 1 heterocycles. The Kier molecular flexibility index (Phi) is 3.06. The summed E-state index contributed by atoms with van der Waals surface area (Å²) in [6.45, 7) is 2.03. The van der Waals surface area contributed by atoms with Gasteiger partial charge in [0.05, 0.1) is 10.9 Å². The number of fused-ring (bicyclic) bond motifs is 1. The molecule has 3 aromatic rings. The minimum atomic E-state index is 0.844. The zero-order valence-corrected chi connectivity index (χ0v) is 12.1. The van der Waals surface area contributed by atoms with Crippen LogP contribution in [-0.2, 0) is 0 Å². The molecule has 2 aromatic carbocycles. The molecule has 0 amide bonds. The van der Waals surface area contributed by atoms with Gasteiger partial charge < -0.3 is 4.74 Å². The number of aryl methyl sites for hydroxylation is 1. The summed E-state index contributed by atoms with van der Waals surface area (Å²) in [5, 5.41) is 1.90. The van der Waals surface area contributed by atoms with Gasteiger partial charge in [0, 0.05) is 16.0 Å². The molecule has 0 aliphatic carbocycles. The average molecular weight is 320 g/mol. The van der Waals surface area contributed by atoms with Crippen molar-refractivity contribution in [2.24, 2.45) is 0 Å². The summed E-state index contributed by atoms with van der Waals surface area (Å²) < 4.78 is 11.4. The summed E-state index contributed by atoms with van der Waals surface area (Å²) in [6.07, 6.45) is 0. The molecule has 0 aliphatic rings. The van der Waals surface area contributed by atoms with Gasteiger partial charge in [0.2, 0.25) is 5.06 Å². The van der Waals surface area contributed by atoms with E-state index in [1.54, 1.807) is 0 Å². The molecule has 0 bridgehead atoms. The Morgan fingerprint density at radius 2 is 2.00 bits per heavy atom. The lowest BCUT2D eigenvalue weighted by Crippen LogP contribution is -1.85. The highest BCUT2D eigenvalue weighted by atomic mass is 79.9. The first-order valence-electron chi connectivity index (χ1n) is 5.52. The van der Waals surface area contributed by atoms with Crippen LogP contribution in [0.4, 0.5) is 0 Å². The van der Waals surface area contributed by atoms with Crippen LogP contribution in [-0.4, -0.2) is 4.37 Å². The minimum absolute atomic E-state index is 0.844. The van der Waals surface area contributed by atoms with Gasteiger partial charge in [0.15, 0.2) is 0 Å². The molecule has 0 atom stereocenters. The quantitative estimate of drug-likeness (QED) is 0.651. The number of hydrogen-bond acceptors (Lipinski definition) is 3. The first-order valence-corrected chi connectivity index (χ1v) is 7.09. The number of hydrogen-bond donors (Lipinski definition) is 0. The predicted molar refractivity (Wildman–Crippen MR) is 78.6 cm³/mol. The van der Waals surface area contributed by atoms with Crippen LogP contribution in [0.5, 0.6) is 10.8 Å². The first kappa shape index (κ1) is 11.7. The second-order valence-corrected chi connectivity index (χ2v) is 5.65. The molecule has 0 radical (unpaired) electrons. The van der Waals surface area contributed by atoms with E-state index in [9.17, 15) is 0 Å². The lowest BCUT2D eigenvalue weighted by molar-refractivity contribution is 0.497. The number of nitrogens with zero attached hydrogens (tertiary/aromatic N) is 1. The molecule has 0 saturated heterocycles. The number of ether oxygens (including phenoxy) is 1. The Hall–Kier alpha value is -1.39. The Labute approximate surface area is 118 Å². The zero-order valence-electron chi connectivity index (χ0n) is 9.68. The lowest BCUT2D eigenvalue weighted by atomic mass is 10.2. The van der Waals surface area contributed by atoms with Crippen molar-refractivity contribution in [1.29, 1.82) is 0 Å². The van der Waals surface area contributed by atoms with E-state index in [0.29, 0.717) is 0 Å². The van der Waals surface area contributed by atoms with Gasteiger partial charge in [0.25, 0.3) is 0 Å². The highest BCUT2D eigenvalue weighted by Crippen LogP contribution is 2.35. The molecule has 3 rings (SSSR count). The van der Waals surface area contributed by atoms with E-state index in [2.05, 4.69) is 20.3 Å². The van der Waals surface area contributed by atoms with Crippen LogP contribution in [0.15, 0.2) is 46.9 Å². The Morgan fingerprint density at radius 1 is 1.17 bits per heavy atom. The van der Waals surface area contributed by atoms with Crippen LogP contribution in [0.3, 0.4) is 0 Å². The van der Waals surface area contributed by atoms with E-state index in [-0.39, 0.29) is 0 Å². The van der Waals surface area contributed by atoms with E-state index in [0.717, 1.165) is 31.8 Å². The summed E-state index contributed by atoms with van der Waals surface area (Å²) in [6, 6.07) is 14.0. The molecule has 0 spiro atoms. The van der Waals surface area contributed by atoms with E-state index < -0.39 is 0 Å². The molecule has 0 aliphatic heterocycles. The van der Waals surface area contributed by atoms with Crippen LogP contribution >= 0.6 is 27.5 Å². The van der Waals surface area contributed by atoms with Gasteiger partial charge in [-0.15, -0.1) is 0 Å². The van der Waals surface area contributed by atoms with E-state index in [4.69, 9.17) is 4.74 Å². The SMILES string of the molecule is Cc1cc(Br)ccc1Oc1snc2ccccc12. The van der Waals surface area contributed by atoms with Crippen LogP contribution in [0.2, 0.25) is 0 Å². The molecular weight excluding hydrogens is 310 g/mol. The lowest BCUT2D eigenvalue weighted by Gasteiger charge is -2.06. The van der Waals surface area contributed by atoms with Crippen molar-refractivity contribution in [3.8, 4) is 10.8 Å². The van der Waals surface area contributed by atoms with Crippen molar-refractivity contribution in [1.82, 2.24) is 4.37 Å². The number of rotatable bonds is 2. The van der Waals surface area contributed by atoms with Crippen LogP contribution in [0.1, 0.15) is 5.56 Å². The molecule has 0 saturated carbocycles. The molecule has 0 unspecified atom stereocenters. The van der Waals surface area contributed by atoms with Gasteiger partial charge in [-0.05, 0) is 42.8 Å². The molecule has 2 nitrogen and oxygen atoms in total. The smallest absolute Gasteiger partial charge is 0.207 e. The summed E-state index contributed by atoms with van der Waals surface area (Å²) in [4.78, 5) is 0. The second-order valence-electron chi connectivity index (χ2n) is 4.00. The third-order valence-corrected chi connectivity index (χ3v) is 3.94. The molecule has 0 N–H and O–H groups in total. The van der Waals surface area contributed by atoms with Gasteiger partial charge >= 0.3 is 0 Å². The second kappa shape index (κ2) is 4.71. The number of aromatic nitrogens is 1. The van der Waals surface area contributed by atoms with E-state index in [1.807, 2.05) is 49.4 Å². The maximum absolute atomic E-state index is 5.95. The fraction of sp³-hybridized carbons (Fsp3) is 0.0714. The first-order chi connectivity index (χ1) is 8.74. The molecule has 4 heteroatoms. The van der Waals surface area contributed by atoms with Crippen LogP contribution in [0, 0.1) is 6.92 Å². The molecule has 0 fully saturated rings. The van der Waals surface area contributed by atoms with Crippen molar-refractivity contribution in [2.45, 2.75) is 6.92 Å². The summed E-state index contributed by atoms with van der Waals surface area (Å²) in [7, 11) is 0. The van der Waals surface area contributed by atoms with Crippen molar-refractivity contribution in [2.75, 3.05) is 0 Å². The van der Waals surface area contributed by atoms with Crippen molar-refractivity contribution in [3.05, 3.63) is 52.5 Å². The molecular formula is C14H10BrNOS. The standard InChI is InChI=1S/C14H10BrNOS/c1-9-8-10(15)6-7-13(9)17-14-11-4-2-3-5-12(11)16-18-14/h2-8H,1H3. The van der Waals surface area contributed by atoms with Crippen molar-refractivity contribution < 1.29 is 4.74 Å². The normalized spacial score (nSPS) is 10.8. The third kappa shape index (κ3) is 2.13. The van der Waals surface area contributed by atoms with Crippen molar-refractivity contribution >= 4 is 38.4 Å². The van der Waals surface area contributed by atoms with Crippen LogP contribution in [0.25, 0.3) is 10.9 Å². The summed E-state index contributed by atoms with van der Waals surface area (Å²) in [5.41, 5.74) is 2.08.